The van der Waals surface area contributed by atoms with Crippen molar-refractivity contribution < 1.29 is 12.8 Å². The van der Waals surface area contributed by atoms with Crippen LogP contribution in [-0.4, -0.2) is 13.4 Å². The largest absolute Gasteiger partial charge is 0.428 e. The molecule has 0 aliphatic rings. The highest BCUT2D eigenvalue weighted by Crippen LogP contribution is 2.23. The summed E-state index contributed by atoms with van der Waals surface area (Å²) in [6, 6.07) is 13.7. The van der Waals surface area contributed by atoms with Gasteiger partial charge >= 0.3 is 5.22 Å². The van der Waals surface area contributed by atoms with Crippen LogP contribution < -0.4 is 5.73 Å². The summed E-state index contributed by atoms with van der Waals surface area (Å²) in [7, 11) is -3.61. The van der Waals surface area contributed by atoms with Gasteiger partial charge in [-0.3, -0.25) is 0 Å². The summed E-state index contributed by atoms with van der Waals surface area (Å²) in [5, 5.41) is -0.276. The smallest absolute Gasteiger partial charge is 0.316 e. The van der Waals surface area contributed by atoms with Crippen LogP contribution in [-0.2, 0) is 15.6 Å². The molecule has 0 saturated carbocycles. The zero-order valence-corrected chi connectivity index (χ0v) is 11.3. The lowest BCUT2D eigenvalue weighted by Crippen LogP contribution is -2.05. The van der Waals surface area contributed by atoms with E-state index in [1.807, 2.05) is 6.07 Å². The van der Waals surface area contributed by atoms with Crippen molar-refractivity contribution in [1.82, 2.24) is 4.98 Å². The number of fused-ring (bicyclic) bond motifs is 1. The minimum Gasteiger partial charge on any atom is -0.428 e. The molecule has 0 aliphatic carbocycles. The summed E-state index contributed by atoms with van der Waals surface area (Å²) in [6.07, 6.45) is 0. The molecule has 102 valence electrons. The maximum Gasteiger partial charge on any atom is 0.316 e. The second-order valence-electron chi connectivity index (χ2n) is 4.45. The molecule has 0 bridgehead atoms. The molecule has 2 aromatic carbocycles. The Hall–Kier alpha value is -2.34. The van der Waals surface area contributed by atoms with Crippen molar-refractivity contribution in [2.24, 2.45) is 0 Å². The number of hydrogen-bond donors (Lipinski definition) is 1. The van der Waals surface area contributed by atoms with Gasteiger partial charge in [-0.2, -0.15) is 4.98 Å². The second kappa shape index (κ2) is 4.64. The van der Waals surface area contributed by atoms with Crippen LogP contribution in [0.5, 0.6) is 0 Å². The Morgan fingerprint density at radius 3 is 2.60 bits per heavy atom. The molecule has 0 amide bonds. The Morgan fingerprint density at radius 2 is 1.85 bits per heavy atom. The normalized spacial score (nSPS) is 11.8. The number of nitrogens with two attached hydrogens (primary N) is 1. The van der Waals surface area contributed by atoms with Crippen LogP contribution in [0.1, 0.15) is 5.56 Å². The van der Waals surface area contributed by atoms with Gasteiger partial charge in [0.05, 0.1) is 5.75 Å². The highest BCUT2D eigenvalue weighted by Gasteiger charge is 2.22. The van der Waals surface area contributed by atoms with Crippen LogP contribution in [0.2, 0.25) is 0 Å². The molecule has 6 heteroatoms. The Balaban J connectivity index is 2.01. The number of hydrogen-bond acceptors (Lipinski definition) is 5. The molecular weight excluding hydrogens is 276 g/mol. The zero-order chi connectivity index (χ0) is 14.2. The van der Waals surface area contributed by atoms with E-state index in [1.165, 1.54) is 0 Å². The van der Waals surface area contributed by atoms with Crippen LogP contribution in [0.4, 0.5) is 5.69 Å². The molecule has 1 aromatic heterocycles. The van der Waals surface area contributed by atoms with Crippen molar-refractivity contribution in [1.29, 1.82) is 0 Å². The predicted octanol–water partition coefficient (Wildman–Crippen LogP) is 2.38. The maximum absolute atomic E-state index is 12.3. The molecule has 3 aromatic rings. The lowest BCUT2D eigenvalue weighted by Gasteiger charge is -1.99. The molecule has 0 spiro atoms. The van der Waals surface area contributed by atoms with E-state index >= 15 is 0 Å². The van der Waals surface area contributed by atoms with Crippen molar-refractivity contribution in [2.45, 2.75) is 11.0 Å². The lowest BCUT2D eigenvalue weighted by molar-refractivity contribution is 0.458. The summed E-state index contributed by atoms with van der Waals surface area (Å²) >= 11 is 0. The maximum atomic E-state index is 12.3. The number of sulfone groups is 1. The summed E-state index contributed by atoms with van der Waals surface area (Å²) in [5.74, 6) is -0.143. The second-order valence-corrected chi connectivity index (χ2v) is 6.32. The molecule has 2 N–H and O–H groups in total. The molecule has 0 unspecified atom stereocenters. The Labute approximate surface area is 116 Å². The van der Waals surface area contributed by atoms with E-state index in [9.17, 15) is 8.42 Å². The topological polar surface area (TPSA) is 86.2 Å². The average molecular weight is 288 g/mol. The van der Waals surface area contributed by atoms with Gasteiger partial charge in [0.25, 0.3) is 0 Å². The molecule has 0 radical (unpaired) electrons. The van der Waals surface area contributed by atoms with Gasteiger partial charge in [0.1, 0.15) is 5.52 Å². The summed E-state index contributed by atoms with van der Waals surface area (Å²) in [6.45, 7) is 0. The first kappa shape index (κ1) is 12.7. The SMILES string of the molecule is Nc1ccc2oc(S(=O)(=O)Cc3ccccc3)nc2c1. The van der Waals surface area contributed by atoms with Gasteiger partial charge in [-0.25, -0.2) is 8.42 Å². The van der Waals surface area contributed by atoms with Crippen LogP contribution in [0.25, 0.3) is 11.1 Å². The third kappa shape index (κ3) is 2.37. The first-order chi connectivity index (χ1) is 9.54. The van der Waals surface area contributed by atoms with Gasteiger partial charge in [0, 0.05) is 5.69 Å². The minimum atomic E-state index is -3.61. The fourth-order valence-corrected chi connectivity index (χ4v) is 3.12. The third-order valence-electron chi connectivity index (χ3n) is 2.86. The first-order valence-corrected chi connectivity index (χ1v) is 7.62. The fourth-order valence-electron chi connectivity index (χ4n) is 1.91. The minimum absolute atomic E-state index is 0.143. The molecule has 0 fully saturated rings. The van der Waals surface area contributed by atoms with Crippen molar-refractivity contribution in [2.75, 3.05) is 5.73 Å². The molecule has 0 atom stereocenters. The predicted molar refractivity (Wildman–Crippen MR) is 75.8 cm³/mol. The third-order valence-corrected chi connectivity index (χ3v) is 4.28. The van der Waals surface area contributed by atoms with E-state index in [-0.39, 0.29) is 11.0 Å². The van der Waals surface area contributed by atoms with Crippen molar-refractivity contribution in [3.05, 3.63) is 54.1 Å². The van der Waals surface area contributed by atoms with Gasteiger partial charge < -0.3 is 10.2 Å². The molecule has 0 aliphatic heterocycles. The fraction of sp³-hybridized carbons (Fsp3) is 0.0714. The van der Waals surface area contributed by atoms with Crippen molar-refractivity contribution in [3.63, 3.8) is 0 Å². The van der Waals surface area contributed by atoms with E-state index in [0.29, 0.717) is 22.4 Å². The zero-order valence-electron chi connectivity index (χ0n) is 10.5. The van der Waals surface area contributed by atoms with Crippen LogP contribution in [0.15, 0.2) is 58.2 Å². The molecule has 1 heterocycles. The van der Waals surface area contributed by atoms with Gasteiger partial charge in [-0.1, -0.05) is 30.3 Å². The number of nitrogen functional groups attached to an aromatic ring is 1. The quantitative estimate of drug-likeness (QED) is 0.748. The number of benzene rings is 2. The lowest BCUT2D eigenvalue weighted by atomic mass is 10.2. The highest BCUT2D eigenvalue weighted by molar-refractivity contribution is 7.90. The van der Waals surface area contributed by atoms with Crippen LogP contribution in [0, 0.1) is 0 Å². The Kier molecular flexibility index (Phi) is 2.94. The van der Waals surface area contributed by atoms with Crippen LogP contribution in [0.3, 0.4) is 0 Å². The van der Waals surface area contributed by atoms with Crippen LogP contribution >= 0.6 is 0 Å². The standard InChI is InChI=1S/C14H12N2O3S/c15-11-6-7-13-12(8-11)16-14(19-13)20(17,18)9-10-4-2-1-3-5-10/h1-8H,9,15H2. The van der Waals surface area contributed by atoms with Gasteiger partial charge in [-0.15, -0.1) is 0 Å². The monoisotopic (exact) mass is 288 g/mol. The van der Waals surface area contributed by atoms with Gasteiger partial charge in [-0.05, 0) is 23.8 Å². The summed E-state index contributed by atoms with van der Waals surface area (Å²) < 4.78 is 29.8. The van der Waals surface area contributed by atoms with Crippen molar-refractivity contribution in [3.8, 4) is 0 Å². The van der Waals surface area contributed by atoms with E-state index < -0.39 is 9.84 Å². The highest BCUT2D eigenvalue weighted by atomic mass is 32.2. The van der Waals surface area contributed by atoms with E-state index in [2.05, 4.69) is 4.98 Å². The number of rotatable bonds is 3. The van der Waals surface area contributed by atoms with Crippen molar-refractivity contribution >= 4 is 26.6 Å². The molecule has 3 rings (SSSR count). The summed E-state index contributed by atoms with van der Waals surface area (Å²) in [5.41, 5.74) is 7.69. The number of aromatic nitrogens is 1. The first-order valence-electron chi connectivity index (χ1n) is 5.97. The van der Waals surface area contributed by atoms with E-state index in [0.717, 1.165) is 0 Å². The molecule has 20 heavy (non-hydrogen) atoms. The molecule has 0 saturated heterocycles. The molecular formula is C14H12N2O3S. The Morgan fingerprint density at radius 1 is 1.10 bits per heavy atom. The van der Waals surface area contributed by atoms with Gasteiger partial charge in [0.2, 0.25) is 9.84 Å². The number of oxazole rings is 1. The van der Waals surface area contributed by atoms with E-state index in [4.69, 9.17) is 10.2 Å². The van der Waals surface area contributed by atoms with Gasteiger partial charge in [0.15, 0.2) is 5.58 Å². The molecule has 5 nitrogen and oxygen atoms in total. The number of anilines is 1. The number of nitrogens with zero attached hydrogens (tertiary/aromatic N) is 1. The van der Waals surface area contributed by atoms with E-state index in [1.54, 1.807) is 42.5 Å². The summed E-state index contributed by atoms with van der Waals surface area (Å²) in [4.78, 5) is 4.01. The Bertz CT molecular complexity index is 855. The average Bonchev–Trinajstić information content (AvgIpc) is 2.83.